The fourth-order valence-corrected chi connectivity index (χ4v) is 4.88. The average molecular weight is 488 g/mol. The molecule has 6 nitrogen and oxygen atoms in total. The lowest BCUT2D eigenvalue weighted by Gasteiger charge is -2.43. The van der Waals surface area contributed by atoms with Crippen molar-refractivity contribution in [3.63, 3.8) is 0 Å². The predicted molar refractivity (Wildman–Crippen MR) is 130 cm³/mol. The minimum absolute atomic E-state index is 0.0577. The summed E-state index contributed by atoms with van der Waals surface area (Å²) in [4.78, 5) is 32.3. The van der Waals surface area contributed by atoms with Gasteiger partial charge in [-0.15, -0.1) is 0 Å². The van der Waals surface area contributed by atoms with Crippen LogP contribution in [0.25, 0.3) is 0 Å². The number of amides is 2. The van der Waals surface area contributed by atoms with E-state index in [1.807, 2.05) is 4.90 Å². The van der Waals surface area contributed by atoms with Gasteiger partial charge in [0.25, 0.3) is 5.91 Å². The zero-order chi connectivity index (χ0) is 24.1. The summed E-state index contributed by atoms with van der Waals surface area (Å²) in [5.41, 5.74) is -0.499. The number of carbonyl (C=O) groups is 2. The first kappa shape index (κ1) is 24.5. The fraction of sp³-hybridized carbons (Fsp3) is 0.462. The molecule has 0 saturated carbocycles. The van der Waals surface area contributed by atoms with Gasteiger partial charge >= 0.3 is 0 Å². The van der Waals surface area contributed by atoms with E-state index in [0.717, 1.165) is 25.9 Å². The number of rotatable bonds is 6. The highest BCUT2D eigenvalue weighted by Crippen LogP contribution is 2.36. The monoisotopic (exact) mass is 487 g/mol. The van der Waals surface area contributed by atoms with E-state index in [1.165, 1.54) is 12.1 Å². The van der Waals surface area contributed by atoms with Gasteiger partial charge in [-0.3, -0.25) is 9.59 Å². The van der Waals surface area contributed by atoms with Crippen LogP contribution < -0.4 is 4.74 Å². The van der Waals surface area contributed by atoms with Crippen LogP contribution >= 0.6 is 11.6 Å². The third kappa shape index (κ3) is 5.88. The molecule has 2 aliphatic rings. The molecule has 2 heterocycles. The van der Waals surface area contributed by atoms with Crippen LogP contribution in [0.1, 0.15) is 29.6 Å². The minimum atomic E-state index is -0.556. The number of halogens is 2. The van der Waals surface area contributed by atoms with Gasteiger partial charge in [0.2, 0.25) is 5.91 Å². The summed E-state index contributed by atoms with van der Waals surface area (Å²) in [6.45, 7) is 4.24. The molecule has 0 unspecified atom stereocenters. The fourth-order valence-electron chi connectivity index (χ4n) is 4.76. The summed E-state index contributed by atoms with van der Waals surface area (Å²) in [7, 11) is 2.05. The molecule has 8 heteroatoms. The number of nitrogens with zero attached hydrogens (tertiary/aromatic N) is 3. The minimum Gasteiger partial charge on any atom is -0.493 e. The Morgan fingerprint density at radius 1 is 1.00 bits per heavy atom. The molecule has 34 heavy (non-hydrogen) atoms. The van der Waals surface area contributed by atoms with E-state index in [2.05, 4.69) is 11.9 Å². The largest absolute Gasteiger partial charge is 0.493 e. The van der Waals surface area contributed by atoms with Crippen molar-refractivity contribution in [3.8, 4) is 5.75 Å². The van der Waals surface area contributed by atoms with E-state index in [-0.39, 0.29) is 30.4 Å². The van der Waals surface area contributed by atoms with E-state index in [1.54, 1.807) is 41.3 Å². The smallest absolute Gasteiger partial charge is 0.256 e. The number of piperidine rings is 1. The SMILES string of the molecule is CN1CCN(C(=O)C[C@@]2(COc3ccc(Cl)cc3)CCCN(C(=O)c3ccccc3F)C2)CC1. The van der Waals surface area contributed by atoms with Crippen molar-refractivity contribution in [1.29, 1.82) is 0 Å². The summed E-state index contributed by atoms with van der Waals surface area (Å²) in [6.07, 6.45) is 1.76. The van der Waals surface area contributed by atoms with E-state index >= 15 is 0 Å². The molecule has 0 spiro atoms. The van der Waals surface area contributed by atoms with E-state index in [9.17, 15) is 14.0 Å². The Kier molecular flexibility index (Phi) is 7.73. The first-order chi connectivity index (χ1) is 16.3. The van der Waals surface area contributed by atoms with E-state index < -0.39 is 11.2 Å². The van der Waals surface area contributed by atoms with Gasteiger partial charge in [0.1, 0.15) is 11.6 Å². The highest BCUT2D eigenvalue weighted by atomic mass is 35.5. The van der Waals surface area contributed by atoms with Gasteiger partial charge in [-0.2, -0.15) is 0 Å². The first-order valence-corrected chi connectivity index (χ1v) is 12.1. The Labute approximate surface area is 205 Å². The molecule has 2 aliphatic heterocycles. The van der Waals surface area contributed by atoms with Crippen molar-refractivity contribution in [3.05, 3.63) is 64.9 Å². The van der Waals surface area contributed by atoms with Gasteiger partial charge in [0.15, 0.2) is 0 Å². The topological polar surface area (TPSA) is 53.1 Å². The molecule has 2 aromatic rings. The van der Waals surface area contributed by atoms with Crippen LogP contribution in [0.15, 0.2) is 48.5 Å². The second-order valence-corrected chi connectivity index (χ2v) is 9.85. The van der Waals surface area contributed by atoms with Crippen molar-refractivity contribution in [2.75, 3.05) is 52.9 Å². The Morgan fingerprint density at radius 2 is 1.71 bits per heavy atom. The molecule has 0 radical (unpaired) electrons. The number of likely N-dealkylation sites (tertiary alicyclic amines) is 1. The highest BCUT2D eigenvalue weighted by Gasteiger charge is 2.41. The van der Waals surface area contributed by atoms with Crippen molar-refractivity contribution in [2.45, 2.75) is 19.3 Å². The van der Waals surface area contributed by atoms with Gasteiger partial charge in [0.05, 0.1) is 12.2 Å². The molecule has 4 rings (SSSR count). The molecule has 2 fully saturated rings. The van der Waals surface area contributed by atoms with Crippen molar-refractivity contribution in [1.82, 2.24) is 14.7 Å². The standard InChI is InChI=1S/C26H31ClFN3O3/c1-29-13-15-30(16-14-29)24(32)17-26(19-34-21-9-7-20(27)8-10-21)11-4-12-31(18-26)25(33)22-5-2-3-6-23(22)28/h2-3,5-10H,4,11-19H2,1H3/t26-/m0/s1. The van der Waals surface area contributed by atoms with Crippen LogP contribution in [0.4, 0.5) is 4.39 Å². The molecule has 182 valence electrons. The van der Waals surface area contributed by atoms with Gasteiger partial charge in [-0.05, 0) is 56.3 Å². The van der Waals surface area contributed by atoms with Gasteiger partial charge in [0, 0.05) is 56.1 Å². The number of likely N-dealkylation sites (N-methyl/N-ethyl adjacent to an activating group) is 1. The molecule has 0 aromatic heterocycles. The molecule has 0 N–H and O–H groups in total. The molecule has 2 aromatic carbocycles. The Morgan fingerprint density at radius 3 is 2.41 bits per heavy atom. The Hall–Kier alpha value is -2.64. The molecular weight excluding hydrogens is 457 g/mol. The van der Waals surface area contributed by atoms with Crippen molar-refractivity contribution < 1.29 is 18.7 Å². The van der Waals surface area contributed by atoms with Crippen LogP contribution in [0.3, 0.4) is 0 Å². The van der Waals surface area contributed by atoms with Crippen LogP contribution in [0.2, 0.25) is 5.02 Å². The number of hydrogen-bond donors (Lipinski definition) is 0. The lowest BCUT2D eigenvalue weighted by atomic mass is 9.77. The quantitative estimate of drug-likeness (QED) is 0.619. The lowest BCUT2D eigenvalue weighted by Crippen LogP contribution is -2.53. The molecule has 0 aliphatic carbocycles. The number of ether oxygens (including phenoxy) is 1. The van der Waals surface area contributed by atoms with Crippen LogP contribution in [-0.4, -0.2) is 79.4 Å². The number of carbonyl (C=O) groups excluding carboxylic acids is 2. The maximum atomic E-state index is 14.3. The summed E-state index contributed by atoms with van der Waals surface area (Å²) < 4.78 is 20.4. The number of piperazine rings is 1. The second-order valence-electron chi connectivity index (χ2n) is 9.41. The molecule has 1 atom stereocenters. The summed E-state index contributed by atoms with van der Waals surface area (Å²) in [5.74, 6) is -0.142. The molecule has 0 bridgehead atoms. The lowest BCUT2D eigenvalue weighted by molar-refractivity contribution is -0.137. The Bertz CT molecular complexity index is 1010. The third-order valence-electron chi connectivity index (χ3n) is 6.79. The zero-order valence-corrected chi connectivity index (χ0v) is 20.3. The molecular formula is C26H31ClFN3O3. The zero-order valence-electron chi connectivity index (χ0n) is 19.5. The summed E-state index contributed by atoms with van der Waals surface area (Å²) in [6, 6.07) is 13.1. The van der Waals surface area contributed by atoms with Gasteiger partial charge < -0.3 is 19.4 Å². The molecule has 2 saturated heterocycles. The van der Waals surface area contributed by atoms with Crippen LogP contribution in [0.5, 0.6) is 5.75 Å². The van der Waals surface area contributed by atoms with Crippen LogP contribution in [0, 0.1) is 11.2 Å². The van der Waals surface area contributed by atoms with Crippen molar-refractivity contribution in [2.24, 2.45) is 5.41 Å². The predicted octanol–water partition coefficient (Wildman–Crippen LogP) is 3.94. The summed E-state index contributed by atoms with van der Waals surface area (Å²) >= 11 is 5.99. The highest BCUT2D eigenvalue weighted by molar-refractivity contribution is 6.30. The van der Waals surface area contributed by atoms with E-state index in [0.29, 0.717) is 37.0 Å². The van der Waals surface area contributed by atoms with E-state index in [4.69, 9.17) is 16.3 Å². The third-order valence-corrected chi connectivity index (χ3v) is 7.05. The van der Waals surface area contributed by atoms with Crippen LogP contribution in [-0.2, 0) is 4.79 Å². The first-order valence-electron chi connectivity index (χ1n) is 11.7. The van der Waals surface area contributed by atoms with Gasteiger partial charge in [-0.1, -0.05) is 23.7 Å². The van der Waals surface area contributed by atoms with Crippen molar-refractivity contribution >= 4 is 23.4 Å². The second kappa shape index (κ2) is 10.7. The maximum absolute atomic E-state index is 14.3. The summed E-state index contributed by atoms with van der Waals surface area (Å²) in [5, 5.41) is 0.617. The average Bonchev–Trinajstić information content (AvgIpc) is 2.84. The number of hydrogen-bond acceptors (Lipinski definition) is 4. The Balaban J connectivity index is 1.53. The van der Waals surface area contributed by atoms with Gasteiger partial charge in [-0.25, -0.2) is 4.39 Å². The maximum Gasteiger partial charge on any atom is 0.256 e. The molecule has 2 amide bonds. The number of benzene rings is 2. The normalized spacial score (nSPS) is 21.4.